The molecule has 3 rings (SSSR count). The topological polar surface area (TPSA) is 15.3 Å². The number of nitrogens with zero attached hydrogens (tertiary/aromatic N) is 1. The van der Waals surface area contributed by atoms with Crippen molar-refractivity contribution in [2.24, 2.45) is 0 Å². The Morgan fingerprint density at radius 1 is 1.00 bits per heavy atom. The molecule has 1 N–H and O–H groups in total. The second-order valence-electron chi connectivity index (χ2n) is 5.40. The highest BCUT2D eigenvalue weighted by Gasteiger charge is 2.32. The molecule has 0 radical (unpaired) electrons. The van der Waals surface area contributed by atoms with Gasteiger partial charge in [-0.05, 0) is 37.9 Å². The summed E-state index contributed by atoms with van der Waals surface area (Å²) < 4.78 is 0. The van der Waals surface area contributed by atoms with Crippen LogP contribution in [0, 0.1) is 0 Å². The predicted octanol–water partition coefficient (Wildman–Crippen LogP) is 2.23. The van der Waals surface area contributed by atoms with Gasteiger partial charge in [-0.25, -0.2) is 0 Å². The fraction of sp³-hybridized carbons (Fsp3) is 0.600. The van der Waals surface area contributed by atoms with Crippen LogP contribution in [0.15, 0.2) is 30.3 Å². The highest BCUT2D eigenvalue weighted by molar-refractivity contribution is 5.22. The van der Waals surface area contributed by atoms with Gasteiger partial charge in [-0.1, -0.05) is 30.3 Å². The zero-order valence-corrected chi connectivity index (χ0v) is 10.4. The van der Waals surface area contributed by atoms with E-state index >= 15 is 0 Å². The van der Waals surface area contributed by atoms with Gasteiger partial charge in [-0.15, -0.1) is 0 Å². The van der Waals surface area contributed by atoms with Gasteiger partial charge in [-0.3, -0.25) is 4.90 Å². The van der Waals surface area contributed by atoms with Crippen molar-refractivity contribution in [2.75, 3.05) is 26.2 Å². The van der Waals surface area contributed by atoms with Crippen molar-refractivity contribution in [2.45, 2.75) is 31.2 Å². The van der Waals surface area contributed by atoms with E-state index < -0.39 is 0 Å². The van der Waals surface area contributed by atoms with Crippen LogP contribution >= 0.6 is 0 Å². The third-order valence-corrected chi connectivity index (χ3v) is 4.24. The number of nitrogens with one attached hydrogen (secondary N) is 1. The molecule has 2 aliphatic heterocycles. The maximum atomic E-state index is 3.50. The van der Waals surface area contributed by atoms with Crippen LogP contribution < -0.4 is 5.32 Å². The molecule has 0 saturated carbocycles. The smallest absolute Gasteiger partial charge is 0.0108 e. The van der Waals surface area contributed by atoms with Crippen LogP contribution in [-0.4, -0.2) is 37.1 Å². The van der Waals surface area contributed by atoms with E-state index in [1.807, 2.05) is 0 Å². The Balaban J connectivity index is 1.54. The molecule has 92 valence electrons. The van der Waals surface area contributed by atoms with Crippen LogP contribution in [0.2, 0.25) is 0 Å². The summed E-state index contributed by atoms with van der Waals surface area (Å²) in [6.45, 7) is 4.97. The summed E-state index contributed by atoms with van der Waals surface area (Å²) >= 11 is 0. The lowest BCUT2D eigenvalue weighted by molar-refractivity contribution is 0.0838. The zero-order chi connectivity index (χ0) is 11.5. The maximum absolute atomic E-state index is 3.50. The lowest BCUT2D eigenvalue weighted by atomic mass is 9.89. The summed E-state index contributed by atoms with van der Waals surface area (Å²) in [7, 11) is 0. The van der Waals surface area contributed by atoms with E-state index in [1.165, 1.54) is 51.0 Å². The molecule has 2 aliphatic rings. The Bertz CT molecular complexity index is 335. The third kappa shape index (κ3) is 2.53. The molecule has 1 atom stereocenters. The van der Waals surface area contributed by atoms with Crippen molar-refractivity contribution in [3.63, 3.8) is 0 Å². The van der Waals surface area contributed by atoms with Crippen LogP contribution in [0.4, 0.5) is 0 Å². The largest absolute Gasteiger partial charge is 0.317 e. The molecule has 2 nitrogen and oxygen atoms in total. The minimum absolute atomic E-state index is 0.785. The molecule has 1 aromatic rings. The van der Waals surface area contributed by atoms with Gasteiger partial charge in [0.1, 0.15) is 0 Å². The monoisotopic (exact) mass is 230 g/mol. The lowest BCUT2D eigenvalue weighted by Crippen LogP contribution is -2.50. The first-order valence-corrected chi connectivity index (χ1v) is 6.93. The Morgan fingerprint density at radius 3 is 2.65 bits per heavy atom. The summed E-state index contributed by atoms with van der Waals surface area (Å²) in [5, 5.41) is 3.50. The van der Waals surface area contributed by atoms with E-state index in [1.54, 1.807) is 0 Å². The molecule has 0 aliphatic carbocycles. The van der Waals surface area contributed by atoms with Crippen LogP contribution in [-0.2, 0) is 0 Å². The van der Waals surface area contributed by atoms with Gasteiger partial charge < -0.3 is 5.32 Å². The van der Waals surface area contributed by atoms with E-state index in [0.29, 0.717) is 0 Å². The minimum Gasteiger partial charge on any atom is -0.317 e. The van der Waals surface area contributed by atoms with Crippen molar-refractivity contribution in [3.05, 3.63) is 35.9 Å². The van der Waals surface area contributed by atoms with Crippen LogP contribution in [0.3, 0.4) is 0 Å². The molecule has 1 aromatic carbocycles. The zero-order valence-electron chi connectivity index (χ0n) is 10.4. The molecule has 17 heavy (non-hydrogen) atoms. The van der Waals surface area contributed by atoms with Crippen LogP contribution in [0.25, 0.3) is 0 Å². The van der Waals surface area contributed by atoms with E-state index in [-0.39, 0.29) is 0 Å². The first-order valence-electron chi connectivity index (χ1n) is 6.93. The Kier molecular flexibility index (Phi) is 3.44. The normalized spacial score (nSPS) is 27.4. The highest BCUT2D eigenvalue weighted by atomic mass is 15.2. The molecule has 0 aromatic heterocycles. The van der Waals surface area contributed by atoms with Gasteiger partial charge in [0, 0.05) is 25.0 Å². The van der Waals surface area contributed by atoms with Gasteiger partial charge in [0.25, 0.3) is 0 Å². The van der Waals surface area contributed by atoms with E-state index in [0.717, 1.165) is 12.0 Å². The average molecular weight is 230 g/mol. The first-order chi connectivity index (χ1) is 8.43. The summed E-state index contributed by atoms with van der Waals surface area (Å²) in [5.41, 5.74) is 1.52. The molecule has 0 bridgehead atoms. The quantitative estimate of drug-likeness (QED) is 0.838. The van der Waals surface area contributed by atoms with E-state index in [4.69, 9.17) is 0 Å². The van der Waals surface area contributed by atoms with Crippen molar-refractivity contribution in [1.29, 1.82) is 0 Å². The van der Waals surface area contributed by atoms with Crippen LogP contribution in [0.5, 0.6) is 0 Å². The number of hydrogen-bond acceptors (Lipinski definition) is 2. The molecule has 2 saturated heterocycles. The summed E-state index contributed by atoms with van der Waals surface area (Å²) in [5.74, 6) is 0.785. The third-order valence-electron chi connectivity index (χ3n) is 4.24. The standard InChI is InChI=1S/C15H22N2/c1-2-5-13(6-3-1)14-11-17(12-14)15-7-4-9-16-10-8-15/h1-3,5-6,14-16H,4,7-12H2. The number of likely N-dealkylation sites (tertiary alicyclic amines) is 1. The molecular formula is C15H22N2. The number of hydrogen-bond donors (Lipinski definition) is 1. The molecular weight excluding hydrogens is 208 g/mol. The van der Waals surface area contributed by atoms with E-state index in [9.17, 15) is 0 Å². The molecule has 1 unspecified atom stereocenters. The lowest BCUT2D eigenvalue weighted by Gasteiger charge is -2.44. The first kappa shape index (κ1) is 11.2. The van der Waals surface area contributed by atoms with Gasteiger partial charge in [-0.2, -0.15) is 0 Å². The fourth-order valence-electron chi connectivity index (χ4n) is 3.11. The van der Waals surface area contributed by atoms with Gasteiger partial charge >= 0.3 is 0 Å². The van der Waals surface area contributed by atoms with Crippen molar-refractivity contribution < 1.29 is 0 Å². The fourth-order valence-corrected chi connectivity index (χ4v) is 3.11. The molecule has 2 fully saturated rings. The van der Waals surface area contributed by atoms with Crippen molar-refractivity contribution in [1.82, 2.24) is 10.2 Å². The van der Waals surface area contributed by atoms with Crippen molar-refractivity contribution >= 4 is 0 Å². The number of rotatable bonds is 2. The molecule has 2 heteroatoms. The molecule has 0 amide bonds. The predicted molar refractivity (Wildman–Crippen MR) is 71.3 cm³/mol. The van der Waals surface area contributed by atoms with Gasteiger partial charge in [0.15, 0.2) is 0 Å². The van der Waals surface area contributed by atoms with E-state index in [2.05, 4.69) is 40.5 Å². The van der Waals surface area contributed by atoms with Gasteiger partial charge in [0.2, 0.25) is 0 Å². The summed E-state index contributed by atoms with van der Waals surface area (Å²) in [6, 6.07) is 11.8. The van der Waals surface area contributed by atoms with Crippen molar-refractivity contribution in [3.8, 4) is 0 Å². The molecule has 2 heterocycles. The maximum Gasteiger partial charge on any atom is 0.0108 e. The second-order valence-corrected chi connectivity index (χ2v) is 5.40. The summed E-state index contributed by atoms with van der Waals surface area (Å²) in [6.07, 6.45) is 4.06. The van der Waals surface area contributed by atoms with Crippen LogP contribution in [0.1, 0.15) is 30.7 Å². The number of benzene rings is 1. The second kappa shape index (κ2) is 5.19. The molecule has 0 spiro atoms. The SMILES string of the molecule is c1ccc(C2CN(C3CCCNCC3)C2)cc1. The average Bonchev–Trinajstić information content (AvgIpc) is 2.58. The summed E-state index contributed by atoms with van der Waals surface area (Å²) in [4.78, 5) is 2.69. The van der Waals surface area contributed by atoms with Gasteiger partial charge in [0.05, 0.1) is 0 Å². The highest BCUT2D eigenvalue weighted by Crippen LogP contribution is 2.30. The minimum atomic E-state index is 0.785. The Hall–Kier alpha value is -0.860. The Morgan fingerprint density at radius 2 is 1.82 bits per heavy atom. The Labute approximate surface area is 104 Å².